The van der Waals surface area contributed by atoms with Crippen LogP contribution in [0.2, 0.25) is 0 Å². The van der Waals surface area contributed by atoms with Crippen molar-refractivity contribution >= 4 is 60.4 Å². The molecule has 0 spiro atoms. The van der Waals surface area contributed by atoms with Crippen LogP contribution in [0.3, 0.4) is 0 Å². The molecule has 2 nitrogen and oxygen atoms in total. The molecule has 3 heterocycles. The Balaban J connectivity index is 1.86. The molecule has 0 aliphatic carbocycles. The molecule has 6 heteroatoms. The van der Waals surface area contributed by atoms with Gasteiger partial charge in [0.15, 0.2) is 0 Å². The summed E-state index contributed by atoms with van der Waals surface area (Å²) in [6.45, 7) is 0.856. The van der Waals surface area contributed by atoms with Gasteiger partial charge in [-0.05, 0) is 62.2 Å². The standard InChI is InChI=1S/C13H11Br2NOS2/c14-8-7-11(19-12(8)15)13(17)16-5-1-3-9(16)10-4-2-6-18-10/h2,4,6-7,9H,1,3,5H2/t9-/m1/s1. The molecule has 19 heavy (non-hydrogen) atoms. The predicted molar refractivity (Wildman–Crippen MR) is 87.0 cm³/mol. The summed E-state index contributed by atoms with van der Waals surface area (Å²) in [4.78, 5) is 16.7. The lowest BCUT2D eigenvalue weighted by atomic mass is 10.2. The lowest BCUT2D eigenvalue weighted by Crippen LogP contribution is -2.29. The third kappa shape index (κ3) is 2.68. The molecule has 2 aromatic heterocycles. The van der Waals surface area contributed by atoms with Crippen LogP contribution < -0.4 is 0 Å². The fraction of sp³-hybridized carbons (Fsp3) is 0.308. The molecule has 3 rings (SSSR count). The van der Waals surface area contributed by atoms with Crippen molar-refractivity contribution < 1.29 is 4.79 Å². The summed E-state index contributed by atoms with van der Waals surface area (Å²) < 4.78 is 1.93. The van der Waals surface area contributed by atoms with E-state index in [9.17, 15) is 4.79 Å². The number of thiophene rings is 2. The molecule has 100 valence electrons. The molecule has 0 N–H and O–H groups in total. The summed E-state index contributed by atoms with van der Waals surface area (Å²) in [6.07, 6.45) is 2.15. The molecule has 1 saturated heterocycles. The number of hydrogen-bond donors (Lipinski definition) is 0. The Bertz CT molecular complexity index is 574. The highest BCUT2D eigenvalue weighted by atomic mass is 79.9. The summed E-state index contributed by atoms with van der Waals surface area (Å²) in [7, 11) is 0. The average molecular weight is 421 g/mol. The molecule has 2 aromatic rings. The van der Waals surface area contributed by atoms with Gasteiger partial charge in [0.2, 0.25) is 0 Å². The van der Waals surface area contributed by atoms with Gasteiger partial charge in [-0.2, -0.15) is 0 Å². The summed E-state index contributed by atoms with van der Waals surface area (Å²) in [5.74, 6) is 0.146. The van der Waals surface area contributed by atoms with Crippen LogP contribution in [0.1, 0.15) is 33.4 Å². The molecule has 1 aliphatic rings. The van der Waals surface area contributed by atoms with Gasteiger partial charge in [0.25, 0.3) is 5.91 Å². The van der Waals surface area contributed by atoms with E-state index in [0.29, 0.717) is 0 Å². The zero-order valence-corrected chi connectivity index (χ0v) is 14.7. The Hall–Kier alpha value is -0.170. The molecular formula is C13H11Br2NOS2. The first kappa shape index (κ1) is 13.8. The number of rotatable bonds is 2. The lowest BCUT2D eigenvalue weighted by Gasteiger charge is -2.23. The van der Waals surface area contributed by atoms with Crippen LogP contribution in [-0.4, -0.2) is 17.4 Å². The van der Waals surface area contributed by atoms with Crippen LogP contribution in [0.15, 0.2) is 31.8 Å². The van der Waals surface area contributed by atoms with Crippen LogP contribution in [0, 0.1) is 0 Å². The summed E-state index contributed by atoms with van der Waals surface area (Å²) in [5.41, 5.74) is 0. The van der Waals surface area contributed by atoms with Gasteiger partial charge in [-0.1, -0.05) is 6.07 Å². The summed E-state index contributed by atoms with van der Waals surface area (Å²) in [6, 6.07) is 6.34. The zero-order chi connectivity index (χ0) is 13.4. The first-order valence-electron chi connectivity index (χ1n) is 5.96. The fourth-order valence-corrected chi connectivity index (χ4v) is 5.25. The molecule has 1 aliphatic heterocycles. The number of likely N-dealkylation sites (tertiary alicyclic amines) is 1. The number of amides is 1. The van der Waals surface area contributed by atoms with E-state index < -0.39 is 0 Å². The monoisotopic (exact) mass is 419 g/mol. The SMILES string of the molecule is O=C(c1cc(Br)c(Br)s1)N1CCC[C@@H]1c1cccs1. The first-order valence-corrected chi connectivity index (χ1v) is 9.24. The van der Waals surface area contributed by atoms with Crippen molar-refractivity contribution in [3.05, 3.63) is 41.6 Å². The van der Waals surface area contributed by atoms with Gasteiger partial charge < -0.3 is 4.90 Å². The van der Waals surface area contributed by atoms with E-state index in [1.165, 1.54) is 16.2 Å². The minimum atomic E-state index is 0.146. The van der Waals surface area contributed by atoms with Gasteiger partial charge in [-0.25, -0.2) is 0 Å². The van der Waals surface area contributed by atoms with Crippen molar-refractivity contribution in [1.29, 1.82) is 0 Å². The predicted octanol–water partition coefficient (Wildman–Crippen LogP) is 5.31. The van der Waals surface area contributed by atoms with Crippen molar-refractivity contribution in [2.45, 2.75) is 18.9 Å². The summed E-state index contributed by atoms with van der Waals surface area (Å²) >= 11 is 10.1. The van der Waals surface area contributed by atoms with Crippen molar-refractivity contribution in [2.75, 3.05) is 6.54 Å². The average Bonchev–Trinajstić information content (AvgIpc) is 3.09. The second kappa shape index (κ2) is 5.68. The molecular weight excluding hydrogens is 410 g/mol. The highest BCUT2D eigenvalue weighted by Crippen LogP contribution is 2.38. The Morgan fingerprint density at radius 3 is 2.89 bits per heavy atom. The maximum Gasteiger partial charge on any atom is 0.264 e. The van der Waals surface area contributed by atoms with Gasteiger partial charge >= 0.3 is 0 Å². The number of nitrogens with zero attached hydrogens (tertiary/aromatic N) is 1. The van der Waals surface area contributed by atoms with Gasteiger partial charge in [0.05, 0.1) is 14.7 Å². The highest BCUT2D eigenvalue weighted by Gasteiger charge is 2.32. The molecule has 0 saturated carbocycles. The van der Waals surface area contributed by atoms with Gasteiger partial charge in [-0.15, -0.1) is 22.7 Å². The molecule has 1 atom stereocenters. The van der Waals surface area contributed by atoms with E-state index >= 15 is 0 Å². The van der Waals surface area contributed by atoms with Gasteiger partial charge in [0.1, 0.15) is 0 Å². The minimum Gasteiger partial charge on any atom is -0.330 e. The maximum absolute atomic E-state index is 12.6. The second-order valence-corrected chi connectivity index (χ2v) is 8.61. The minimum absolute atomic E-state index is 0.146. The lowest BCUT2D eigenvalue weighted by molar-refractivity contribution is 0.0743. The zero-order valence-electron chi connectivity index (χ0n) is 9.94. The quantitative estimate of drug-likeness (QED) is 0.644. The molecule has 1 amide bonds. The maximum atomic E-state index is 12.6. The van der Waals surface area contributed by atoms with Crippen LogP contribution in [0.4, 0.5) is 0 Å². The Morgan fingerprint density at radius 2 is 2.26 bits per heavy atom. The van der Waals surface area contributed by atoms with Gasteiger partial charge in [0, 0.05) is 15.9 Å². The second-order valence-electron chi connectivity index (χ2n) is 4.40. The Kier molecular flexibility index (Phi) is 4.12. The molecule has 0 unspecified atom stereocenters. The smallest absolute Gasteiger partial charge is 0.264 e. The summed E-state index contributed by atoms with van der Waals surface area (Å²) in [5, 5.41) is 2.08. The topological polar surface area (TPSA) is 20.3 Å². The van der Waals surface area contributed by atoms with E-state index in [1.807, 2.05) is 11.0 Å². The van der Waals surface area contributed by atoms with Crippen LogP contribution in [0.5, 0.6) is 0 Å². The van der Waals surface area contributed by atoms with E-state index in [2.05, 4.69) is 49.4 Å². The normalized spacial score (nSPS) is 19.1. The number of carbonyl (C=O) groups is 1. The Morgan fingerprint density at radius 1 is 1.42 bits per heavy atom. The molecule has 1 fully saturated rings. The van der Waals surface area contributed by atoms with Crippen LogP contribution in [0.25, 0.3) is 0 Å². The van der Waals surface area contributed by atoms with Crippen LogP contribution >= 0.6 is 54.5 Å². The number of halogens is 2. The highest BCUT2D eigenvalue weighted by molar-refractivity contribution is 9.13. The largest absolute Gasteiger partial charge is 0.330 e. The number of carbonyl (C=O) groups excluding carboxylic acids is 1. The molecule has 0 aromatic carbocycles. The van der Waals surface area contributed by atoms with E-state index in [-0.39, 0.29) is 11.9 Å². The molecule has 0 bridgehead atoms. The van der Waals surface area contributed by atoms with Crippen molar-refractivity contribution in [3.8, 4) is 0 Å². The van der Waals surface area contributed by atoms with E-state index in [4.69, 9.17) is 0 Å². The van der Waals surface area contributed by atoms with Gasteiger partial charge in [-0.3, -0.25) is 4.79 Å². The van der Waals surface area contributed by atoms with E-state index in [1.54, 1.807) is 11.3 Å². The van der Waals surface area contributed by atoms with E-state index in [0.717, 1.165) is 32.5 Å². The fourth-order valence-electron chi connectivity index (χ4n) is 2.38. The Labute approximate surface area is 136 Å². The first-order chi connectivity index (χ1) is 9.16. The van der Waals surface area contributed by atoms with Crippen LogP contribution in [-0.2, 0) is 0 Å². The third-order valence-electron chi connectivity index (χ3n) is 3.24. The van der Waals surface area contributed by atoms with Crippen molar-refractivity contribution in [1.82, 2.24) is 4.90 Å². The number of hydrogen-bond acceptors (Lipinski definition) is 3. The van der Waals surface area contributed by atoms with Crippen molar-refractivity contribution in [3.63, 3.8) is 0 Å². The third-order valence-corrected chi connectivity index (χ3v) is 7.46. The molecule has 0 radical (unpaired) electrons. The van der Waals surface area contributed by atoms with Crippen molar-refractivity contribution in [2.24, 2.45) is 0 Å².